The van der Waals surface area contributed by atoms with Gasteiger partial charge in [0.15, 0.2) is 28.4 Å². The van der Waals surface area contributed by atoms with Gasteiger partial charge in [-0.15, -0.1) is 0 Å². The number of hydrogen-bond donors (Lipinski definition) is 8. The maximum Gasteiger partial charge on any atom is 0.288 e. The Hall–Kier alpha value is -7.86. The molecule has 23 heteroatoms. The Bertz CT molecular complexity index is 3130. The van der Waals surface area contributed by atoms with E-state index in [-0.39, 0.29) is 84.5 Å². The number of benzene rings is 5. The number of aldehydes is 1. The minimum atomic E-state index is -4.67. The van der Waals surface area contributed by atoms with Crippen molar-refractivity contribution in [1.29, 1.82) is 0 Å². The molecule has 0 saturated carbocycles. The van der Waals surface area contributed by atoms with Gasteiger partial charge in [0.05, 0.1) is 51.1 Å². The topological polar surface area (TPSA) is 272 Å². The molecule has 0 spiro atoms. The molecule has 0 aliphatic carbocycles. The summed E-state index contributed by atoms with van der Waals surface area (Å²) in [5, 5.41) is 15.0. The molecule has 21 nitrogen and oxygen atoms in total. The fourth-order valence-corrected chi connectivity index (χ4v) is 9.97. The molecule has 3 aliphatic heterocycles. The van der Waals surface area contributed by atoms with Crippen molar-refractivity contribution in [3.63, 3.8) is 0 Å². The fourth-order valence-electron chi connectivity index (χ4n) is 8.97. The number of para-hydroxylation sites is 2. The second-order valence-corrected chi connectivity index (χ2v) is 22.0. The smallest absolute Gasteiger partial charge is 0.288 e. The summed E-state index contributed by atoms with van der Waals surface area (Å²) >= 11 is 4.29. The Morgan fingerprint density at radius 1 is 0.810 bits per heavy atom. The summed E-state index contributed by atoms with van der Waals surface area (Å²) in [7, 11) is 1.83. The standard InChI is InChI=1S/C37H41N5O9S.C10H18N2O3S.C9H9NO/c1-21-10-31(48-4)33(16-27(21)39-3)50-19-22-11-23(13-25(12-22)40-35(43)18-38-2)20-51-34-17-28-26(15-32(34)49-5)37(44)42-29-9-7-6-8-24(29)14-30(42)36(41-28)52(45,46)47;1-10(2,16)4-3-8(14)12-7-9(15)11-5-6-13;11-7-10-6-5-8-3-1-2-4-9(8)10/h6-13,15-17,30,36,38-39,41H,14,18-20H2,1-5H3,(H,40,43)(H,45,46,47);6,16H,3-5,7H2,1-2H3,(H,11,15)(H,12,14);1-4,7H,5-6H2. The Morgan fingerprint density at radius 2 is 1.44 bits per heavy atom. The largest absolute Gasteiger partial charge is 0.493 e. The van der Waals surface area contributed by atoms with Crippen molar-refractivity contribution in [2.75, 3.05) is 80.2 Å². The zero-order chi connectivity index (χ0) is 57.4. The van der Waals surface area contributed by atoms with Crippen LogP contribution in [0, 0.1) is 6.92 Å². The van der Waals surface area contributed by atoms with Gasteiger partial charge in [0.25, 0.3) is 16.0 Å². The van der Waals surface area contributed by atoms with E-state index in [4.69, 9.17) is 18.9 Å². The number of ether oxygens (including phenoxy) is 4. The SMILES string of the molecule is CC(C)(S)CCC(=O)NCC(=O)NCC=O.CNCC(=O)Nc1cc(COc2cc(NC)c(C)cc2OC)cc(COc2cc3c(cc2OC)C(=O)N2c4ccccc4CC2C(S(=O)(=O)O)N3)c1.O=CN1CCc2ccccc21. The van der Waals surface area contributed by atoms with Crippen LogP contribution in [0.25, 0.3) is 0 Å². The van der Waals surface area contributed by atoms with Gasteiger partial charge in [-0.1, -0.05) is 50.2 Å². The highest BCUT2D eigenvalue weighted by atomic mass is 32.2. The maximum absolute atomic E-state index is 14.0. The van der Waals surface area contributed by atoms with Crippen molar-refractivity contribution in [3.8, 4) is 23.0 Å². The van der Waals surface area contributed by atoms with Crippen molar-refractivity contribution < 1.29 is 60.7 Å². The van der Waals surface area contributed by atoms with Crippen LogP contribution in [0.3, 0.4) is 0 Å². The molecule has 422 valence electrons. The normalized spacial score (nSPS) is 14.8. The number of carbonyl (C=O) groups excluding carboxylic acids is 6. The molecule has 0 bridgehead atoms. The molecule has 0 radical (unpaired) electrons. The third-order valence-electron chi connectivity index (χ3n) is 12.8. The molecule has 8 rings (SSSR count). The monoisotopic (exact) mass is 1120 g/mol. The summed E-state index contributed by atoms with van der Waals surface area (Å²) in [6.45, 7) is 6.74. The summed E-state index contributed by atoms with van der Waals surface area (Å²) in [5.74, 6) is 0.294. The molecular weight excluding hydrogens is 1060 g/mol. The third kappa shape index (κ3) is 16.3. The van der Waals surface area contributed by atoms with Crippen LogP contribution in [0.1, 0.15) is 64.9 Å². The highest BCUT2D eigenvalue weighted by Gasteiger charge is 2.47. The molecule has 79 heavy (non-hydrogen) atoms. The molecule has 3 aliphatic rings. The van der Waals surface area contributed by atoms with Gasteiger partial charge in [-0.2, -0.15) is 21.0 Å². The number of amides is 5. The number of nitrogens with one attached hydrogen (secondary N) is 6. The molecule has 0 saturated heterocycles. The number of nitrogens with zero attached hydrogens (tertiary/aromatic N) is 2. The molecule has 5 aromatic carbocycles. The molecule has 5 aromatic rings. The van der Waals surface area contributed by atoms with E-state index in [1.165, 1.54) is 29.7 Å². The lowest BCUT2D eigenvalue weighted by Gasteiger charge is -2.27. The minimum Gasteiger partial charge on any atom is -0.493 e. The molecular formula is C56H68N8O13S2. The number of carbonyl (C=O) groups is 6. The van der Waals surface area contributed by atoms with E-state index >= 15 is 0 Å². The summed E-state index contributed by atoms with van der Waals surface area (Å²) in [6.07, 6.45) is 3.67. The van der Waals surface area contributed by atoms with Crippen LogP contribution in [0.15, 0.2) is 91.0 Å². The van der Waals surface area contributed by atoms with Crippen molar-refractivity contribution in [1.82, 2.24) is 16.0 Å². The van der Waals surface area contributed by atoms with Gasteiger partial charge in [0, 0.05) is 59.6 Å². The van der Waals surface area contributed by atoms with Gasteiger partial charge in [0.1, 0.15) is 19.5 Å². The number of anilines is 5. The first kappa shape index (κ1) is 60.4. The number of hydrogen-bond acceptors (Lipinski definition) is 16. The number of thiol groups is 1. The summed E-state index contributed by atoms with van der Waals surface area (Å²) < 4.78 is 59.2. The third-order valence-corrected chi connectivity index (χ3v) is 14.1. The Kier molecular flexibility index (Phi) is 21.1. The average molecular weight is 1130 g/mol. The van der Waals surface area contributed by atoms with Crippen LogP contribution in [0.4, 0.5) is 28.4 Å². The van der Waals surface area contributed by atoms with E-state index in [0.717, 1.165) is 47.4 Å². The van der Waals surface area contributed by atoms with Gasteiger partial charge in [-0.3, -0.25) is 28.5 Å². The van der Waals surface area contributed by atoms with Crippen LogP contribution in [0.5, 0.6) is 23.0 Å². The van der Waals surface area contributed by atoms with E-state index in [1.54, 1.807) is 43.3 Å². The summed E-state index contributed by atoms with van der Waals surface area (Å²) in [6, 6.07) is 26.4. The van der Waals surface area contributed by atoms with E-state index in [1.807, 2.05) is 76.3 Å². The molecule has 0 fully saturated rings. The Labute approximate surface area is 465 Å². The first-order chi connectivity index (χ1) is 37.7. The minimum absolute atomic E-state index is 0.00651. The van der Waals surface area contributed by atoms with Gasteiger partial charge >= 0.3 is 0 Å². The first-order valence-electron chi connectivity index (χ1n) is 25.3. The van der Waals surface area contributed by atoms with Crippen LogP contribution in [-0.2, 0) is 60.1 Å². The van der Waals surface area contributed by atoms with Crippen molar-refractivity contribution in [2.24, 2.45) is 0 Å². The van der Waals surface area contributed by atoms with Gasteiger partial charge in [0.2, 0.25) is 24.1 Å². The number of rotatable bonds is 21. The number of fused-ring (bicyclic) bond motifs is 5. The molecule has 5 amide bonds. The lowest BCUT2D eigenvalue weighted by Crippen LogP contribution is -2.49. The van der Waals surface area contributed by atoms with Crippen LogP contribution < -0.4 is 60.6 Å². The number of aryl methyl sites for hydroxylation is 1. The van der Waals surface area contributed by atoms with Gasteiger partial charge in [-0.05, 0) is 104 Å². The van der Waals surface area contributed by atoms with E-state index in [9.17, 15) is 41.7 Å². The Morgan fingerprint density at radius 3 is 2.05 bits per heavy atom. The fraction of sp³-hybridized carbons (Fsp3) is 0.357. The molecule has 3 heterocycles. The quantitative estimate of drug-likeness (QED) is 0.0249. The van der Waals surface area contributed by atoms with E-state index in [2.05, 4.69) is 50.6 Å². The Balaban J connectivity index is 0.000000303. The lowest BCUT2D eigenvalue weighted by atomic mass is 10.1. The van der Waals surface area contributed by atoms with Crippen LogP contribution in [-0.4, -0.2) is 120 Å². The highest BCUT2D eigenvalue weighted by molar-refractivity contribution is 7.86. The van der Waals surface area contributed by atoms with Crippen molar-refractivity contribution >= 4 is 87.5 Å². The van der Waals surface area contributed by atoms with Crippen molar-refractivity contribution in [3.05, 3.63) is 124 Å². The van der Waals surface area contributed by atoms with Gasteiger partial charge < -0.3 is 65.4 Å². The molecule has 0 aromatic heterocycles. The van der Waals surface area contributed by atoms with Crippen LogP contribution in [0.2, 0.25) is 0 Å². The first-order valence-corrected chi connectivity index (χ1v) is 27.2. The highest BCUT2D eigenvalue weighted by Crippen LogP contribution is 2.43. The maximum atomic E-state index is 14.0. The molecule has 2 atom stereocenters. The summed E-state index contributed by atoms with van der Waals surface area (Å²) in [4.78, 5) is 72.4. The van der Waals surface area contributed by atoms with E-state index < -0.39 is 27.4 Å². The summed E-state index contributed by atoms with van der Waals surface area (Å²) in [5.41, 5.74) is 7.82. The predicted octanol–water partition coefficient (Wildman–Crippen LogP) is 5.69. The van der Waals surface area contributed by atoms with Crippen LogP contribution >= 0.6 is 12.6 Å². The zero-order valence-corrected chi connectivity index (χ0v) is 46.8. The number of methoxy groups -OCH3 is 2. The second-order valence-electron chi connectivity index (χ2n) is 19.2. The number of likely N-dealkylation sites (N-methyl/N-ethyl adjacent to an activating group) is 1. The molecule has 7 N–H and O–H groups in total. The molecule has 2 unspecified atom stereocenters. The average Bonchev–Trinajstić information content (AvgIpc) is 4.08. The lowest BCUT2D eigenvalue weighted by molar-refractivity contribution is -0.126. The van der Waals surface area contributed by atoms with E-state index in [0.29, 0.717) is 47.6 Å². The van der Waals surface area contributed by atoms with Gasteiger partial charge in [-0.25, -0.2) is 0 Å². The van der Waals surface area contributed by atoms with Crippen molar-refractivity contribution in [2.45, 2.75) is 75.8 Å². The zero-order valence-electron chi connectivity index (χ0n) is 45.1. The predicted molar refractivity (Wildman–Crippen MR) is 306 cm³/mol. The second kappa shape index (κ2) is 27.6.